The number of aryl methyl sites for hydroxylation is 1. The van der Waals surface area contributed by atoms with Gasteiger partial charge in [-0.15, -0.1) is 11.3 Å². The summed E-state index contributed by atoms with van der Waals surface area (Å²) in [6.07, 6.45) is 4.47. The summed E-state index contributed by atoms with van der Waals surface area (Å²) < 4.78 is 0.598. The lowest BCUT2D eigenvalue weighted by molar-refractivity contribution is 0.103. The Morgan fingerprint density at radius 1 is 1.40 bits per heavy atom. The summed E-state index contributed by atoms with van der Waals surface area (Å²) in [5, 5.41) is 0.864. The van der Waals surface area contributed by atoms with E-state index in [1.165, 1.54) is 17.7 Å². The molecule has 0 aliphatic rings. The van der Waals surface area contributed by atoms with Crippen LogP contribution in [0.3, 0.4) is 0 Å². The highest BCUT2D eigenvalue weighted by Gasteiger charge is 2.16. The average molecular weight is 284 g/mol. The second kappa shape index (κ2) is 4.16. The van der Waals surface area contributed by atoms with Gasteiger partial charge in [0, 0.05) is 12.4 Å². The summed E-state index contributed by atoms with van der Waals surface area (Å²) in [6, 6.07) is 0. The van der Waals surface area contributed by atoms with E-state index in [0.29, 0.717) is 15.0 Å². The Kier molecular flexibility index (Phi) is 2.88. The van der Waals surface area contributed by atoms with Gasteiger partial charge in [-0.25, -0.2) is 15.0 Å². The van der Waals surface area contributed by atoms with Crippen LogP contribution in [0.4, 0.5) is 0 Å². The summed E-state index contributed by atoms with van der Waals surface area (Å²) in [5.74, 6) is -0.130. The maximum atomic E-state index is 11.9. The smallest absolute Gasteiger partial charge is 0.224 e. The SMILES string of the molecule is Cc1ncc(C(=O)c2ncncc2Br)s1. The van der Waals surface area contributed by atoms with Crippen LogP contribution < -0.4 is 0 Å². The van der Waals surface area contributed by atoms with Crippen molar-refractivity contribution >= 4 is 33.0 Å². The zero-order valence-electron chi connectivity index (χ0n) is 7.77. The van der Waals surface area contributed by atoms with Crippen molar-refractivity contribution in [3.05, 3.63) is 38.8 Å². The molecule has 76 valence electrons. The van der Waals surface area contributed by atoms with Gasteiger partial charge < -0.3 is 0 Å². The highest BCUT2D eigenvalue weighted by molar-refractivity contribution is 9.10. The fourth-order valence-electron chi connectivity index (χ4n) is 1.06. The molecular formula is C9H6BrN3OS. The number of aromatic nitrogens is 3. The minimum absolute atomic E-state index is 0.130. The molecule has 0 bridgehead atoms. The maximum absolute atomic E-state index is 11.9. The molecule has 0 atom stereocenters. The van der Waals surface area contributed by atoms with E-state index in [0.717, 1.165) is 5.01 Å². The van der Waals surface area contributed by atoms with Gasteiger partial charge in [-0.2, -0.15) is 0 Å². The molecular weight excluding hydrogens is 278 g/mol. The fourth-order valence-corrected chi connectivity index (χ4v) is 2.18. The van der Waals surface area contributed by atoms with Crippen LogP contribution in [0.2, 0.25) is 0 Å². The fraction of sp³-hybridized carbons (Fsp3) is 0.111. The van der Waals surface area contributed by atoms with E-state index >= 15 is 0 Å². The second-order valence-corrected chi connectivity index (χ2v) is 4.88. The van der Waals surface area contributed by atoms with Crippen LogP contribution in [0.15, 0.2) is 23.2 Å². The maximum Gasteiger partial charge on any atom is 0.224 e. The molecule has 2 rings (SSSR count). The summed E-state index contributed by atoms with van der Waals surface area (Å²) in [6.45, 7) is 1.86. The predicted octanol–water partition coefficient (Wildman–Crippen LogP) is 2.24. The van der Waals surface area contributed by atoms with Gasteiger partial charge in [0.25, 0.3) is 0 Å². The van der Waals surface area contributed by atoms with Crippen LogP contribution in [-0.4, -0.2) is 20.7 Å². The molecule has 2 heterocycles. The molecule has 0 N–H and O–H groups in total. The summed E-state index contributed by atoms with van der Waals surface area (Å²) >= 11 is 4.60. The van der Waals surface area contributed by atoms with E-state index in [-0.39, 0.29) is 5.78 Å². The molecule has 0 unspecified atom stereocenters. The molecule has 0 aliphatic heterocycles. The first-order chi connectivity index (χ1) is 7.18. The molecule has 6 heteroatoms. The first-order valence-electron chi connectivity index (χ1n) is 4.11. The quantitative estimate of drug-likeness (QED) is 0.793. The van der Waals surface area contributed by atoms with Crippen molar-refractivity contribution in [2.75, 3.05) is 0 Å². The summed E-state index contributed by atoms with van der Waals surface area (Å²) in [5.41, 5.74) is 0.369. The Morgan fingerprint density at radius 3 is 2.80 bits per heavy atom. The lowest BCUT2D eigenvalue weighted by Gasteiger charge is -1.97. The molecule has 2 aromatic rings. The van der Waals surface area contributed by atoms with E-state index < -0.39 is 0 Å². The van der Waals surface area contributed by atoms with Crippen LogP contribution in [0.1, 0.15) is 20.4 Å². The Balaban J connectivity index is 2.41. The van der Waals surface area contributed by atoms with Crippen LogP contribution in [0, 0.1) is 6.92 Å². The number of carbonyl (C=O) groups excluding carboxylic acids is 1. The number of rotatable bonds is 2. The predicted molar refractivity (Wildman–Crippen MR) is 60.0 cm³/mol. The first kappa shape index (κ1) is 10.4. The normalized spacial score (nSPS) is 10.3. The number of nitrogens with zero attached hydrogens (tertiary/aromatic N) is 3. The largest absolute Gasteiger partial charge is 0.286 e. The van der Waals surface area contributed by atoms with Gasteiger partial charge in [0.15, 0.2) is 0 Å². The molecule has 0 saturated heterocycles. The minimum Gasteiger partial charge on any atom is -0.286 e. The molecule has 2 aromatic heterocycles. The monoisotopic (exact) mass is 283 g/mol. The van der Waals surface area contributed by atoms with Crippen molar-refractivity contribution in [1.82, 2.24) is 15.0 Å². The van der Waals surface area contributed by atoms with E-state index in [2.05, 4.69) is 30.9 Å². The molecule has 0 saturated carbocycles. The molecule has 15 heavy (non-hydrogen) atoms. The third kappa shape index (κ3) is 2.10. The van der Waals surface area contributed by atoms with Crippen LogP contribution in [0.5, 0.6) is 0 Å². The molecule has 0 aliphatic carbocycles. The van der Waals surface area contributed by atoms with Crippen molar-refractivity contribution in [1.29, 1.82) is 0 Å². The van der Waals surface area contributed by atoms with Crippen molar-refractivity contribution in [2.24, 2.45) is 0 Å². The topological polar surface area (TPSA) is 55.7 Å². The van der Waals surface area contributed by atoms with Crippen LogP contribution in [-0.2, 0) is 0 Å². The number of halogens is 1. The molecule has 0 radical (unpaired) electrons. The van der Waals surface area contributed by atoms with Crippen molar-refractivity contribution < 1.29 is 4.79 Å². The Bertz CT molecular complexity index is 512. The zero-order chi connectivity index (χ0) is 10.8. The van der Waals surface area contributed by atoms with Crippen molar-refractivity contribution in [2.45, 2.75) is 6.92 Å². The summed E-state index contributed by atoms with van der Waals surface area (Å²) in [7, 11) is 0. The number of hydrogen-bond acceptors (Lipinski definition) is 5. The Hall–Kier alpha value is -1.14. The Morgan fingerprint density at radius 2 is 2.20 bits per heavy atom. The Labute approximate surface area is 98.5 Å². The molecule has 0 aromatic carbocycles. The lowest BCUT2D eigenvalue weighted by Crippen LogP contribution is -2.03. The van der Waals surface area contributed by atoms with Gasteiger partial charge >= 0.3 is 0 Å². The van der Waals surface area contributed by atoms with Gasteiger partial charge in [0.1, 0.15) is 12.0 Å². The number of ketones is 1. The van der Waals surface area contributed by atoms with Crippen LogP contribution >= 0.6 is 27.3 Å². The van der Waals surface area contributed by atoms with Gasteiger partial charge in [-0.1, -0.05) is 0 Å². The third-order valence-electron chi connectivity index (χ3n) is 1.73. The molecule has 0 fully saturated rings. The van der Waals surface area contributed by atoms with Gasteiger partial charge in [-0.3, -0.25) is 4.79 Å². The highest BCUT2D eigenvalue weighted by Crippen LogP contribution is 2.20. The third-order valence-corrected chi connectivity index (χ3v) is 3.22. The second-order valence-electron chi connectivity index (χ2n) is 2.79. The van der Waals surface area contributed by atoms with Crippen molar-refractivity contribution in [3.8, 4) is 0 Å². The van der Waals surface area contributed by atoms with Gasteiger partial charge in [0.05, 0.1) is 14.4 Å². The van der Waals surface area contributed by atoms with E-state index in [4.69, 9.17) is 0 Å². The van der Waals surface area contributed by atoms with E-state index in [1.54, 1.807) is 12.4 Å². The standard InChI is InChI=1S/C9H6BrN3OS/c1-5-12-3-7(15-5)9(14)8-6(10)2-11-4-13-8/h2-4H,1H3. The minimum atomic E-state index is -0.130. The zero-order valence-corrected chi connectivity index (χ0v) is 10.2. The number of carbonyl (C=O) groups is 1. The molecule has 4 nitrogen and oxygen atoms in total. The first-order valence-corrected chi connectivity index (χ1v) is 5.72. The molecule has 0 amide bonds. The number of hydrogen-bond donors (Lipinski definition) is 0. The highest BCUT2D eigenvalue weighted by atomic mass is 79.9. The lowest BCUT2D eigenvalue weighted by atomic mass is 10.2. The van der Waals surface area contributed by atoms with E-state index in [1.807, 2.05) is 6.92 Å². The average Bonchev–Trinajstić information content (AvgIpc) is 2.65. The van der Waals surface area contributed by atoms with E-state index in [9.17, 15) is 4.79 Å². The van der Waals surface area contributed by atoms with Crippen molar-refractivity contribution in [3.63, 3.8) is 0 Å². The van der Waals surface area contributed by atoms with Crippen LogP contribution in [0.25, 0.3) is 0 Å². The number of thiazole rings is 1. The van der Waals surface area contributed by atoms with Gasteiger partial charge in [-0.05, 0) is 22.9 Å². The van der Waals surface area contributed by atoms with Gasteiger partial charge in [0.2, 0.25) is 5.78 Å². The molecule has 0 spiro atoms. The summed E-state index contributed by atoms with van der Waals surface area (Å²) in [4.78, 5) is 24.3.